The van der Waals surface area contributed by atoms with Crippen LogP contribution in [-0.4, -0.2) is 35.6 Å². The van der Waals surface area contributed by atoms with Gasteiger partial charge >= 0.3 is 0 Å². The minimum atomic E-state index is -0.0822. The summed E-state index contributed by atoms with van der Waals surface area (Å²) in [5.41, 5.74) is -0.164. The molecule has 4 aliphatic heterocycles. The van der Waals surface area contributed by atoms with Gasteiger partial charge in [0.05, 0.1) is 35.6 Å². The predicted octanol–water partition coefficient (Wildman–Crippen LogP) is 3.41. The Hall–Kier alpha value is -0.120. The molecule has 0 aromatic rings. The van der Waals surface area contributed by atoms with Gasteiger partial charge in [0.2, 0.25) is 0 Å². The van der Waals surface area contributed by atoms with Gasteiger partial charge in [0.15, 0.2) is 0 Å². The fourth-order valence-corrected chi connectivity index (χ4v) is 6.39. The molecule has 0 amide bonds. The van der Waals surface area contributed by atoms with Crippen molar-refractivity contribution in [1.29, 1.82) is 0 Å². The summed E-state index contributed by atoms with van der Waals surface area (Å²) in [6.45, 7) is 13.5. The lowest BCUT2D eigenvalue weighted by Gasteiger charge is -2.37. The van der Waals surface area contributed by atoms with E-state index in [1.54, 1.807) is 0 Å². The zero-order valence-corrected chi connectivity index (χ0v) is 14.3. The first-order valence-electron chi connectivity index (χ1n) is 8.83. The lowest BCUT2D eigenvalue weighted by Crippen LogP contribution is -2.48. The molecule has 0 radical (unpaired) electrons. The molecule has 8 unspecified atom stereocenters. The molecule has 0 aromatic heterocycles. The Morgan fingerprint density at radius 3 is 1.52 bits per heavy atom. The van der Waals surface area contributed by atoms with Gasteiger partial charge in [-0.1, -0.05) is 13.8 Å². The summed E-state index contributed by atoms with van der Waals surface area (Å²) >= 11 is 0. The third-order valence-electron chi connectivity index (χ3n) is 6.76. The monoisotopic (exact) mass is 294 g/mol. The van der Waals surface area contributed by atoms with E-state index in [2.05, 4.69) is 41.5 Å². The van der Waals surface area contributed by atoms with Crippen LogP contribution >= 0.6 is 0 Å². The van der Waals surface area contributed by atoms with Crippen molar-refractivity contribution in [3.8, 4) is 0 Å². The summed E-state index contributed by atoms with van der Waals surface area (Å²) in [6.07, 6.45) is 3.65. The molecule has 120 valence electrons. The minimum absolute atomic E-state index is 0.0822. The highest BCUT2D eigenvalue weighted by molar-refractivity contribution is 5.20. The molecule has 2 bridgehead atoms. The Labute approximate surface area is 128 Å². The molecule has 0 aliphatic carbocycles. The SMILES string of the molecule is CCC1OC(CC)C2C3OC(C12)C1C3C(C)(C)OC1(C)C. The second-order valence-corrected chi connectivity index (χ2v) is 8.61. The maximum atomic E-state index is 6.58. The fourth-order valence-electron chi connectivity index (χ4n) is 6.39. The Morgan fingerprint density at radius 2 is 1.14 bits per heavy atom. The summed E-state index contributed by atoms with van der Waals surface area (Å²) in [6, 6.07) is 0. The number of hydrogen-bond acceptors (Lipinski definition) is 3. The van der Waals surface area contributed by atoms with Crippen LogP contribution in [0, 0.1) is 23.7 Å². The lowest BCUT2D eigenvalue weighted by atomic mass is 9.60. The molecule has 3 nitrogen and oxygen atoms in total. The van der Waals surface area contributed by atoms with Gasteiger partial charge in [-0.25, -0.2) is 0 Å². The Balaban J connectivity index is 1.74. The molecule has 0 aromatic carbocycles. The van der Waals surface area contributed by atoms with Crippen LogP contribution in [0.4, 0.5) is 0 Å². The van der Waals surface area contributed by atoms with E-state index in [-0.39, 0.29) is 11.2 Å². The smallest absolute Gasteiger partial charge is 0.0696 e. The maximum absolute atomic E-state index is 6.58. The van der Waals surface area contributed by atoms with Crippen LogP contribution in [0.1, 0.15) is 54.4 Å². The molecular formula is C18H30O3. The van der Waals surface area contributed by atoms with E-state index in [0.717, 1.165) is 12.8 Å². The lowest BCUT2D eigenvalue weighted by molar-refractivity contribution is -0.125. The first-order valence-corrected chi connectivity index (χ1v) is 8.83. The quantitative estimate of drug-likeness (QED) is 0.781. The molecule has 21 heavy (non-hydrogen) atoms. The van der Waals surface area contributed by atoms with Crippen molar-refractivity contribution in [1.82, 2.24) is 0 Å². The van der Waals surface area contributed by atoms with Gasteiger partial charge in [0.25, 0.3) is 0 Å². The van der Waals surface area contributed by atoms with Crippen LogP contribution in [0.15, 0.2) is 0 Å². The molecule has 4 rings (SSSR count). The summed E-state index contributed by atoms with van der Waals surface area (Å²) in [5, 5.41) is 0. The zero-order valence-electron chi connectivity index (χ0n) is 14.3. The Bertz CT molecular complexity index is 406. The number of ether oxygens (including phenoxy) is 3. The molecule has 8 atom stereocenters. The third-order valence-corrected chi connectivity index (χ3v) is 6.76. The van der Waals surface area contributed by atoms with Gasteiger partial charge in [-0.3, -0.25) is 0 Å². The van der Waals surface area contributed by atoms with E-state index in [1.165, 1.54) is 0 Å². The van der Waals surface area contributed by atoms with Gasteiger partial charge in [0, 0.05) is 23.7 Å². The highest BCUT2D eigenvalue weighted by Gasteiger charge is 2.74. The first kappa shape index (κ1) is 14.5. The predicted molar refractivity (Wildman–Crippen MR) is 81.1 cm³/mol. The largest absolute Gasteiger partial charge is 0.374 e. The summed E-state index contributed by atoms with van der Waals surface area (Å²) in [4.78, 5) is 0. The molecule has 0 saturated carbocycles. The van der Waals surface area contributed by atoms with Crippen LogP contribution in [0.25, 0.3) is 0 Å². The maximum Gasteiger partial charge on any atom is 0.0696 e. The van der Waals surface area contributed by atoms with Crippen LogP contribution in [0.2, 0.25) is 0 Å². The molecular weight excluding hydrogens is 264 g/mol. The van der Waals surface area contributed by atoms with E-state index in [9.17, 15) is 0 Å². The molecule has 0 spiro atoms. The fraction of sp³-hybridized carbons (Fsp3) is 1.00. The minimum Gasteiger partial charge on any atom is -0.374 e. The van der Waals surface area contributed by atoms with E-state index in [1.807, 2.05) is 0 Å². The molecule has 4 saturated heterocycles. The third kappa shape index (κ3) is 1.66. The average Bonchev–Trinajstić information content (AvgIpc) is 3.07. The van der Waals surface area contributed by atoms with Crippen molar-refractivity contribution >= 4 is 0 Å². The van der Waals surface area contributed by atoms with Crippen molar-refractivity contribution in [3.63, 3.8) is 0 Å². The van der Waals surface area contributed by atoms with Gasteiger partial charge < -0.3 is 14.2 Å². The highest BCUT2D eigenvalue weighted by Crippen LogP contribution is 2.66. The highest BCUT2D eigenvalue weighted by atomic mass is 16.6. The van der Waals surface area contributed by atoms with Crippen molar-refractivity contribution in [3.05, 3.63) is 0 Å². The van der Waals surface area contributed by atoms with Gasteiger partial charge in [-0.2, -0.15) is 0 Å². The van der Waals surface area contributed by atoms with Crippen LogP contribution in [0.3, 0.4) is 0 Å². The zero-order chi connectivity index (χ0) is 15.2. The van der Waals surface area contributed by atoms with E-state index in [4.69, 9.17) is 14.2 Å². The molecule has 0 N–H and O–H groups in total. The van der Waals surface area contributed by atoms with Gasteiger partial charge in [0.1, 0.15) is 0 Å². The normalized spacial score (nSPS) is 55.7. The van der Waals surface area contributed by atoms with E-state index < -0.39 is 0 Å². The first-order chi connectivity index (χ1) is 9.81. The second kappa shape index (κ2) is 4.24. The summed E-state index contributed by atoms with van der Waals surface area (Å²) in [7, 11) is 0. The molecule has 4 heterocycles. The van der Waals surface area contributed by atoms with E-state index in [0.29, 0.717) is 48.1 Å². The number of hydrogen-bond donors (Lipinski definition) is 0. The van der Waals surface area contributed by atoms with Crippen molar-refractivity contribution in [2.75, 3.05) is 0 Å². The van der Waals surface area contributed by atoms with Crippen molar-refractivity contribution < 1.29 is 14.2 Å². The van der Waals surface area contributed by atoms with Crippen molar-refractivity contribution in [2.45, 2.75) is 90.0 Å². The summed E-state index contributed by atoms with van der Waals surface area (Å²) < 4.78 is 19.4. The van der Waals surface area contributed by atoms with Crippen LogP contribution in [0.5, 0.6) is 0 Å². The molecule has 4 aliphatic rings. The molecule has 4 fully saturated rings. The van der Waals surface area contributed by atoms with E-state index >= 15 is 0 Å². The Kier molecular flexibility index (Phi) is 2.92. The van der Waals surface area contributed by atoms with Crippen molar-refractivity contribution in [2.24, 2.45) is 23.7 Å². The summed E-state index contributed by atoms with van der Waals surface area (Å²) in [5.74, 6) is 2.21. The molecule has 3 heteroatoms. The average molecular weight is 294 g/mol. The van der Waals surface area contributed by atoms with Crippen LogP contribution in [-0.2, 0) is 14.2 Å². The second-order valence-electron chi connectivity index (χ2n) is 8.61. The number of fused-ring (bicyclic) bond motifs is 8. The number of rotatable bonds is 2. The van der Waals surface area contributed by atoms with Gasteiger partial charge in [-0.15, -0.1) is 0 Å². The standard InChI is InChI=1S/C18H30O3/c1-7-9-11-12(10(8-2)19-9)16-14-13(15(11)20-16)17(3,4)21-18(14,5)6/h9-16H,7-8H2,1-6H3. The Morgan fingerprint density at radius 1 is 0.714 bits per heavy atom. The van der Waals surface area contributed by atoms with Gasteiger partial charge in [-0.05, 0) is 40.5 Å². The van der Waals surface area contributed by atoms with Crippen LogP contribution < -0.4 is 0 Å². The topological polar surface area (TPSA) is 27.7 Å².